The Morgan fingerprint density at radius 3 is 2.57 bits per heavy atom. The second-order valence-corrected chi connectivity index (χ2v) is 6.11. The van der Waals surface area contributed by atoms with Crippen LogP contribution in [0.15, 0.2) is 29.6 Å². The van der Waals surface area contributed by atoms with Gasteiger partial charge in [-0.3, -0.25) is 4.79 Å². The van der Waals surface area contributed by atoms with Crippen molar-refractivity contribution in [1.82, 2.24) is 0 Å². The standard InChI is InChI=1S/C15H13Cl2NO4S/c1-2-21-15(20)12-3-4-23-14(12)18-13(19)8-22-11-6-9(16)5-10(17)7-11/h3-7H,2,8H2,1H3,(H,18,19). The molecule has 0 fully saturated rings. The molecular formula is C15H13Cl2NO4S. The first kappa shape index (κ1) is 17.6. The molecule has 0 unspecified atom stereocenters. The molecule has 0 saturated heterocycles. The highest BCUT2D eigenvalue weighted by Crippen LogP contribution is 2.25. The second-order valence-electron chi connectivity index (χ2n) is 4.33. The molecule has 5 nitrogen and oxygen atoms in total. The van der Waals surface area contributed by atoms with E-state index >= 15 is 0 Å². The first-order valence-corrected chi connectivity index (χ1v) is 8.26. The number of ether oxygens (including phenoxy) is 2. The predicted octanol–water partition coefficient (Wildman–Crippen LogP) is 4.25. The van der Waals surface area contributed by atoms with E-state index in [0.717, 1.165) is 0 Å². The van der Waals surface area contributed by atoms with Crippen LogP contribution in [0.2, 0.25) is 10.0 Å². The summed E-state index contributed by atoms with van der Waals surface area (Å²) in [6, 6.07) is 6.26. The molecule has 0 aliphatic carbocycles. The number of thiophene rings is 1. The van der Waals surface area contributed by atoms with Gasteiger partial charge in [-0.05, 0) is 36.6 Å². The summed E-state index contributed by atoms with van der Waals surface area (Å²) in [6.45, 7) is 1.74. The van der Waals surface area contributed by atoms with Crippen molar-refractivity contribution in [2.45, 2.75) is 6.92 Å². The van der Waals surface area contributed by atoms with Gasteiger partial charge in [0.05, 0.1) is 12.2 Å². The molecule has 1 heterocycles. The van der Waals surface area contributed by atoms with E-state index in [-0.39, 0.29) is 13.2 Å². The van der Waals surface area contributed by atoms with Crippen molar-refractivity contribution in [3.8, 4) is 5.75 Å². The third-order valence-electron chi connectivity index (χ3n) is 2.62. The van der Waals surface area contributed by atoms with Crippen LogP contribution in [0.25, 0.3) is 0 Å². The van der Waals surface area contributed by atoms with Crippen LogP contribution in [0.3, 0.4) is 0 Å². The number of nitrogens with one attached hydrogen (secondary N) is 1. The molecule has 0 aliphatic rings. The van der Waals surface area contributed by atoms with Crippen LogP contribution in [0.5, 0.6) is 5.75 Å². The summed E-state index contributed by atoms with van der Waals surface area (Å²) in [6.07, 6.45) is 0. The molecule has 0 aliphatic heterocycles. The largest absolute Gasteiger partial charge is 0.484 e. The summed E-state index contributed by atoms with van der Waals surface area (Å²) in [5.74, 6) is -0.505. The van der Waals surface area contributed by atoms with Crippen LogP contribution in [0, 0.1) is 0 Å². The summed E-state index contributed by atoms with van der Waals surface area (Å²) < 4.78 is 10.3. The Balaban J connectivity index is 1.95. The van der Waals surface area contributed by atoms with Gasteiger partial charge in [0.25, 0.3) is 5.91 Å². The van der Waals surface area contributed by atoms with Gasteiger partial charge in [-0.15, -0.1) is 11.3 Å². The molecule has 0 bridgehead atoms. The van der Waals surface area contributed by atoms with Gasteiger partial charge in [0, 0.05) is 10.0 Å². The smallest absolute Gasteiger partial charge is 0.341 e. The van der Waals surface area contributed by atoms with E-state index in [1.165, 1.54) is 11.3 Å². The third-order valence-corrected chi connectivity index (χ3v) is 3.89. The average Bonchev–Trinajstić information content (AvgIpc) is 2.92. The average molecular weight is 374 g/mol. The lowest BCUT2D eigenvalue weighted by molar-refractivity contribution is -0.118. The SMILES string of the molecule is CCOC(=O)c1ccsc1NC(=O)COc1cc(Cl)cc(Cl)c1. The zero-order chi connectivity index (χ0) is 16.8. The number of rotatable bonds is 6. The lowest BCUT2D eigenvalue weighted by atomic mass is 10.3. The number of amides is 1. The number of benzene rings is 1. The van der Waals surface area contributed by atoms with E-state index < -0.39 is 11.9 Å². The maximum absolute atomic E-state index is 11.9. The molecule has 0 radical (unpaired) electrons. The molecule has 1 aromatic heterocycles. The van der Waals surface area contributed by atoms with Crippen molar-refractivity contribution in [1.29, 1.82) is 0 Å². The maximum Gasteiger partial charge on any atom is 0.341 e. The minimum atomic E-state index is -0.480. The van der Waals surface area contributed by atoms with Gasteiger partial charge in [0.1, 0.15) is 10.8 Å². The van der Waals surface area contributed by atoms with Crippen LogP contribution in [-0.4, -0.2) is 25.1 Å². The van der Waals surface area contributed by atoms with E-state index in [1.54, 1.807) is 36.6 Å². The molecule has 0 saturated carbocycles. The van der Waals surface area contributed by atoms with Gasteiger partial charge < -0.3 is 14.8 Å². The Kier molecular flexibility index (Phi) is 6.27. The monoisotopic (exact) mass is 373 g/mol. The Labute approximate surface area is 147 Å². The van der Waals surface area contributed by atoms with E-state index in [1.807, 2.05) is 0 Å². The molecule has 1 N–H and O–H groups in total. The van der Waals surface area contributed by atoms with Crippen LogP contribution < -0.4 is 10.1 Å². The molecule has 2 aromatic rings. The Bertz CT molecular complexity index is 697. The zero-order valence-electron chi connectivity index (χ0n) is 12.1. The molecule has 0 atom stereocenters. The van der Waals surface area contributed by atoms with Crippen molar-refractivity contribution >= 4 is 51.4 Å². The van der Waals surface area contributed by atoms with Gasteiger partial charge in [0.15, 0.2) is 6.61 Å². The highest BCUT2D eigenvalue weighted by atomic mass is 35.5. The normalized spacial score (nSPS) is 10.2. The van der Waals surface area contributed by atoms with Crippen molar-refractivity contribution in [3.05, 3.63) is 45.3 Å². The van der Waals surface area contributed by atoms with Gasteiger partial charge in [-0.1, -0.05) is 23.2 Å². The number of carbonyl (C=O) groups excluding carboxylic acids is 2. The molecule has 0 spiro atoms. The first-order valence-electron chi connectivity index (χ1n) is 6.63. The topological polar surface area (TPSA) is 64.6 Å². The van der Waals surface area contributed by atoms with Gasteiger partial charge >= 0.3 is 5.97 Å². The Morgan fingerprint density at radius 1 is 1.22 bits per heavy atom. The van der Waals surface area contributed by atoms with Crippen molar-refractivity contribution in [2.75, 3.05) is 18.5 Å². The minimum absolute atomic E-state index is 0.239. The number of hydrogen-bond acceptors (Lipinski definition) is 5. The lowest BCUT2D eigenvalue weighted by Crippen LogP contribution is -2.21. The molecule has 23 heavy (non-hydrogen) atoms. The minimum Gasteiger partial charge on any atom is -0.484 e. The second kappa shape index (κ2) is 8.19. The van der Waals surface area contributed by atoms with E-state index in [4.69, 9.17) is 32.7 Å². The molecular weight excluding hydrogens is 361 g/mol. The predicted molar refractivity (Wildman–Crippen MR) is 90.9 cm³/mol. The summed E-state index contributed by atoms with van der Waals surface area (Å²) in [7, 11) is 0. The highest BCUT2D eigenvalue weighted by molar-refractivity contribution is 7.14. The van der Waals surface area contributed by atoms with Gasteiger partial charge in [0.2, 0.25) is 0 Å². The fraction of sp³-hybridized carbons (Fsp3) is 0.200. The quantitative estimate of drug-likeness (QED) is 0.768. The highest BCUT2D eigenvalue weighted by Gasteiger charge is 2.16. The number of anilines is 1. The van der Waals surface area contributed by atoms with Crippen molar-refractivity contribution in [3.63, 3.8) is 0 Å². The van der Waals surface area contributed by atoms with Crippen LogP contribution in [0.4, 0.5) is 5.00 Å². The Hall–Kier alpha value is -1.76. The zero-order valence-corrected chi connectivity index (χ0v) is 14.4. The number of hydrogen-bond donors (Lipinski definition) is 1. The summed E-state index contributed by atoms with van der Waals surface area (Å²) in [4.78, 5) is 23.7. The summed E-state index contributed by atoms with van der Waals surface area (Å²) in [5, 5.41) is 5.55. The molecule has 122 valence electrons. The molecule has 1 aromatic carbocycles. The fourth-order valence-corrected chi connectivity index (χ4v) is 3.00. The molecule has 1 amide bonds. The molecule has 8 heteroatoms. The van der Waals surface area contributed by atoms with Crippen molar-refractivity contribution < 1.29 is 19.1 Å². The Morgan fingerprint density at radius 2 is 1.91 bits per heavy atom. The summed E-state index contributed by atoms with van der Waals surface area (Å²) >= 11 is 12.9. The third kappa shape index (κ3) is 5.13. The number of halogens is 2. The van der Waals surface area contributed by atoms with Crippen LogP contribution >= 0.6 is 34.5 Å². The van der Waals surface area contributed by atoms with Crippen LogP contribution in [-0.2, 0) is 9.53 Å². The van der Waals surface area contributed by atoms with E-state index in [2.05, 4.69) is 5.32 Å². The van der Waals surface area contributed by atoms with Crippen LogP contribution in [0.1, 0.15) is 17.3 Å². The fourth-order valence-electron chi connectivity index (χ4n) is 1.70. The number of carbonyl (C=O) groups is 2. The lowest BCUT2D eigenvalue weighted by Gasteiger charge is -2.08. The van der Waals surface area contributed by atoms with Gasteiger partial charge in [-0.25, -0.2) is 4.79 Å². The summed E-state index contributed by atoms with van der Waals surface area (Å²) in [5.41, 5.74) is 0.316. The first-order chi connectivity index (χ1) is 11.0. The molecule has 2 rings (SSSR count). The van der Waals surface area contributed by atoms with E-state index in [9.17, 15) is 9.59 Å². The number of esters is 1. The van der Waals surface area contributed by atoms with Crippen molar-refractivity contribution in [2.24, 2.45) is 0 Å². The van der Waals surface area contributed by atoms with Gasteiger partial charge in [-0.2, -0.15) is 0 Å². The maximum atomic E-state index is 11.9. The van der Waals surface area contributed by atoms with E-state index in [0.29, 0.717) is 26.4 Å².